The number of carbonyl (C=O) groups is 1. The number of rotatable bonds is 2. The Morgan fingerprint density at radius 1 is 1.56 bits per heavy atom. The first kappa shape index (κ1) is 11.0. The average Bonchev–Trinajstić information content (AvgIpc) is 2.64. The van der Waals surface area contributed by atoms with Gasteiger partial charge in [0.2, 0.25) is 0 Å². The normalized spacial score (nSPS) is 24.6. The van der Waals surface area contributed by atoms with Crippen LogP contribution in [0.5, 0.6) is 0 Å². The molecule has 5 heteroatoms. The van der Waals surface area contributed by atoms with Crippen molar-refractivity contribution in [3.8, 4) is 0 Å². The van der Waals surface area contributed by atoms with Gasteiger partial charge < -0.3 is 16.2 Å². The fourth-order valence-corrected chi connectivity index (χ4v) is 1.93. The lowest BCUT2D eigenvalue weighted by molar-refractivity contribution is 0.0896. The number of aryl methyl sites for hydroxylation is 1. The minimum absolute atomic E-state index is 0.0619. The van der Waals surface area contributed by atoms with Gasteiger partial charge in [0.15, 0.2) is 5.78 Å². The molecule has 0 radical (unpaired) electrons. The van der Waals surface area contributed by atoms with Gasteiger partial charge in [0.1, 0.15) is 5.82 Å². The van der Waals surface area contributed by atoms with E-state index in [9.17, 15) is 4.79 Å². The average molecular weight is 221 g/mol. The molecule has 1 aromatic rings. The number of carbonyl (C=O) groups excluding carboxylic acids is 1. The molecular weight excluding hydrogens is 206 g/mol. The number of nitrogens with zero attached hydrogens (tertiary/aromatic N) is 1. The van der Waals surface area contributed by atoms with Crippen molar-refractivity contribution in [3.05, 3.63) is 23.4 Å². The van der Waals surface area contributed by atoms with E-state index in [0.29, 0.717) is 18.8 Å². The van der Waals surface area contributed by atoms with Gasteiger partial charge in [-0.15, -0.1) is 0 Å². The van der Waals surface area contributed by atoms with Gasteiger partial charge in [0, 0.05) is 12.2 Å². The highest BCUT2D eigenvalue weighted by atomic mass is 16.5. The van der Waals surface area contributed by atoms with Gasteiger partial charge in [-0.05, 0) is 18.6 Å². The fourth-order valence-electron chi connectivity index (χ4n) is 1.93. The van der Waals surface area contributed by atoms with E-state index in [-0.39, 0.29) is 23.6 Å². The van der Waals surface area contributed by atoms with Gasteiger partial charge in [-0.25, -0.2) is 4.98 Å². The predicted molar refractivity (Wildman–Crippen MR) is 60.0 cm³/mol. The number of pyridine rings is 1. The van der Waals surface area contributed by atoms with Gasteiger partial charge in [0.25, 0.3) is 0 Å². The zero-order chi connectivity index (χ0) is 11.7. The summed E-state index contributed by atoms with van der Waals surface area (Å²) in [5.74, 6) is -0.0950. The largest absolute Gasteiger partial charge is 0.383 e. The number of nitrogens with two attached hydrogens (primary N) is 2. The van der Waals surface area contributed by atoms with Gasteiger partial charge in [-0.2, -0.15) is 0 Å². The highest BCUT2D eigenvalue weighted by molar-refractivity contribution is 6.03. The minimum Gasteiger partial charge on any atom is -0.383 e. The highest BCUT2D eigenvalue weighted by Gasteiger charge is 2.33. The first-order valence-corrected chi connectivity index (χ1v) is 5.20. The third-order valence-corrected chi connectivity index (χ3v) is 2.90. The van der Waals surface area contributed by atoms with Crippen LogP contribution in [0.1, 0.15) is 15.9 Å². The number of aromatic nitrogens is 1. The summed E-state index contributed by atoms with van der Waals surface area (Å²) >= 11 is 0. The number of hydrogen-bond donors (Lipinski definition) is 2. The number of ether oxygens (including phenoxy) is 1. The predicted octanol–water partition coefficient (Wildman–Crippen LogP) is 0.129. The smallest absolute Gasteiger partial charge is 0.173 e. The highest BCUT2D eigenvalue weighted by Crippen LogP contribution is 2.22. The summed E-state index contributed by atoms with van der Waals surface area (Å²) in [7, 11) is 0. The van der Waals surface area contributed by atoms with Crippen molar-refractivity contribution in [1.82, 2.24) is 4.98 Å². The molecule has 2 atom stereocenters. The molecule has 0 amide bonds. The molecule has 0 aromatic carbocycles. The molecular formula is C11H15N3O2. The zero-order valence-corrected chi connectivity index (χ0v) is 9.14. The minimum atomic E-state index is -0.301. The molecule has 2 unspecified atom stereocenters. The Hall–Kier alpha value is -1.46. The third-order valence-electron chi connectivity index (χ3n) is 2.90. The van der Waals surface area contributed by atoms with Crippen molar-refractivity contribution in [1.29, 1.82) is 0 Å². The van der Waals surface area contributed by atoms with E-state index in [1.165, 1.54) is 0 Å². The van der Waals surface area contributed by atoms with Crippen LogP contribution in [0.3, 0.4) is 0 Å². The Kier molecular flexibility index (Phi) is 2.89. The second-order valence-electron chi connectivity index (χ2n) is 4.06. The summed E-state index contributed by atoms with van der Waals surface area (Å²) in [6, 6.07) is 1.52. The maximum absolute atomic E-state index is 12.2. The molecule has 2 heterocycles. The lowest BCUT2D eigenvalue weighted by atomic mass is 9.92. The Morgan fingerprint density at radius 3 is 2.88 bits per heavy atom. The van der Waals surface area contributed by atoms with E-state index < -0.39 is 0 Å². The molecule has 1 aromatic heterocycles. The maximum atomic E-state index is 12.2. The third kappa shape index (κ3) is 1.79. The Labute approximate surface area is 93.8 Å². The van der Waals surface area contributed by atoms with E-state index in [4.69, 9.17) is 16.2 Å². The van der Waals surface area contributed by atoms with E-state index in [1.54, 1.807) is 12.3 Å². The number of anilines is 1. The van der Waals surface area contributed by atoms with E-state index in [0.717, 1.165) is 5.56 Å². The lowest BCUT2D eigenvalue weighted by Gasteiger charge is -2.14. The summed E-state index contributed by atoms with van der Waals surface area (Å²) in [4.78, 5) is 16.2. The first-order valence-electron chi connectivity index (χ1n) is 5.20. The summed E-state index contributed by atoms with van der Waals surface area (Å²) in [5, 5.41) is 0. The quantitative estimate of drug-likeness (QED) is 0.692. The summed E-state index contributed by atoms with van der Waals surface area (Å²) in [6.07, 6.45) is 1.59. The maximum Gasteiger partial charge on any atom is 0.173 e. The van der Waals surface area contributed by atoms with Gasteiger partial charge >= 0.3 is 0 Å². The summed E-state index contributed by atoms with van der Waals surface area (Å²) in [6.45, 7) is 2.63. The molecule has 0 aliphatic carbocycles. The van der Waals surface area contributed by atoms with Crippen molar-refractivity contribution in [2.24, 2.45) is 11.7 Å². The van der Waals surface area contributed by atoms with Crippen molar-refractivity contribution < 1.29 is 9.53 Å². The van der Waals surface area contributed by atoms with Crippen LogP contribution in [0.4, 0.5) is 5.82 Å². The molecule has 1 saturated heterocycles. The van der Waals surface area contributed by atoms with Crippen LogP contribution in [0, 0.1) is 12.8 Å². The topological polar surface area (TPSA) is 91.2 Å². The van der Waals surface area contributed by atoms with E-state index in [2.05, 4.69) is 4.98 Å². The van der Waals surface area contributed by atoms with Crippen molar-refractivity contribution >= 4 is 11.6 Å². The lowest BCUT2D eigenvalue weighted by Crippen LogP contribution is -2.34. The molecule has 5 nitrogen and oxygen atoms in total. The number of hydrogen-bond acceptors (Lipinski definition) is 5. The monoisotopic (exact) mass is 221 g/mol. The SMILES string of the molecule is Cc1ccnc(N)c1C(=O)C1COCC1N. The van der Waals surface area contributed by atoms with Crippen LogP contribution in [0.15, 0.2) is 12.3 Å². The van der Waals surface area contributed by atoms with Crippen molar-refractivity contribution in [3.63, 3.8) is 0 Å². The van der Waals surface area contributed by atoms with E-state index >= 15 is 0 Å². The van der Waals surface area contributed by atoms with Gasteiger partial charge in [-0.3, -0.25) is 4.79 Å². The molecule has 0 spiro atoms. The zero-order valence-electron chi connectivity index (χ0n) is 9.14. The molecule has 1 fully saturated rings. The molecule has 2 rings (SSSR count). The van der Waals surface area contributed by atoms with Gasteiger partial charge in [-0.1, -0.05) is 0 Å². The number of nitrogen functional groups attached to an aromatic ring is 1. The molecule has 86 valence electrons. The molecule has 1 aliphatic heterocycles. The Morgan fingerprint density at radius 2 is 2.31 bits per heavy atom. The first-order chi connectivity index (χ1) is 7.61. The molecule has 1 aliphatic rings. The Balaban J connectivity index is 2.33. The van der Waals surface area contributed by atoms with Crippen molar-refractivity contribution in [2.45, 2.75) is 13.0 Å². The van der Waals surface area contributed by atoms with Crippen LogP contribution in [0.2, 0.25) is 0 Å². The summed E-state index contributed by atoms with van der Waals surface area (Å²) in [5.41, 5.74) is 12.8. The van der Waals surface area contributed by atoms with Crippen LogP contribution in [-0.2, 0) is 4.74 Å². The fraction of sp³-hybridized carbons (Fsp3) is 0.455. The van der Waals surface area contributed by atoms with Crippen LogP contribution < -0.4 is 11.5 Å². The van der Waals surface area contributed by atoms with Crippen LogP contribution >= 0.6 is 0 Å². The second kappa shape index (κ2) is 4.19. The van der Waals surface area contributed by atoms with Crippen LogP contribution in [-0.4, -0.2) is 30.0 Å². The molecule has 16 heavy (non-hydrogen) atoms. The van der Waals surface area contributed by atoms with E-state index in [1.807, 2.05) is 6.92 Å². The molecule has 0 saturated carbocycles. The molecule has 0 bridgehead atoms. The second-order valence-corrected chi connectivity index (χ2v) is 4.06. The number of ketones is 1. The Bertz CT molecular complexity index is 399. The van der Waals surface area contributed by atoms with Crippen LogP contribution in [0.25, 0.3) is 0 Å². The number of Topliss-reactive ketones (excluding diaryl/α,β-unsaturated/α-hetero) is 1. The summed E-state index contributed by atoms with van der Waals surface area (Å²) < 4.78 is 5.18. The molecule has 4 N–H and O–H groups in total. The standard InChI is InChI=1S/C11H15N3O2/c1-6-2-3-14-11(13)9(6)10(15)7-4-16-5-8(7)12/h2-3,7-8H,4-5,12H2,1H3,(H2,13,14). The van der Waals surface area contributed by atoms with Gasteiger partial charge in [0.05, 0.1) is 24.7 Å². The van der Waals surface area contributed by atoms with Crippen molar-refractivity contribution in [2.75, 3.05) is 18.9 Å².